The smallest absolute Gasteiger partial charge is 0.161 e. The Morgan fingerprint density at radius 1 is 0.647 bits per heavy atom. The topological polar surface area (TPSA) is 24.9 Å². The van der Waals surface area contributed by atoms with Crippen LogP contribution in [0.15, 0.2) is 18.2 Å². The van der Waals surface area contributed by atoms with Gasteiger partial charge in [-0.1, -0.05) is 84.1 Å². The van der Waals surface area contributed by atoms with Gasteiger partial charge in [-0.05, 0) is 57.0 Å². The van der Waals surface area contributed by atoms with Crippen LogP contribution >= 0.6 is 0 Å². The van der Waals surface area contributed by atoms with Gasteiger partial charge in [0.15, 0.2) is 11.5 Å². The number of aryl methyl sites for hydroxylation is 1. The molecule has 1 saturated heterocycles. The van der Waals surface area contributed by atoms with Crippen LogP contribution in [0.4, 0.5) is 0 Å². The van der Waals surface area contributed by atoms with E-state index in [1.807, 2.05) is 0 Å². The summed E-state index contributed by atoms with van der Waals surface area (Å²) in [6.07, 6.45) is 17.8. The summed E-state index contributed by atoms with van der Waals surface area (Å²) in [6.45, 7) is 12.1. The molecule has 1 aliphatic rings. The Morgan fingerprint density at radius 3 is 1.82 bits per heavy atom. The fraction of sp³-hybridized carbons (Fsp3) is 0.800. The highest BCUT2D eigenvalue weighted by atomic mass is 16.5. The number of hydrogen-bond donors (Lipinski definition) is 0. The van der Waals surface area contributed by atoms with Gasteiger partial charge in [-0.2, -0.15) is 0 Å². The lowest BCUT2D eigenvalue weighted by Gasteiger charge is -2.32. The molecule has 0 saturated carbocycles. The molecule has 0 radical (unpaired) electrons. The molecule has 4 heteroatoms. The fourth-order valence-electron chi connectivity index (χ4n) is 4.65. The van der Waals surface area contributed by atoms with Gasteiger partial charge in [0.2, 0.25) is 0 Å². The van der Waals surface area contributed by atoms with Crippen molar-refractivity contribution in [2.75, 3.05) is 53.0 Å². The Kier molecular flexibility index (Phi) is 16.2. The highest BCUT2D eigenvalue weighted by Crippen LogP contribution is 2.30. The molecule has 1 aliphatic heterocycles. The van der Waals surface area contributed by atoms with E-state index in [4.69, 9.17) is 9.47 Å². The van der Waals surface area contributed by atoms with Crippen LogP contribution in [0.1, 0.15) is 103 Å². The van der Waals surface area contributed by atoms with Crippen molar-refractivity contribution in [1.29, 1.82) is 0 Å². The molecule has 1 aromatic rings. The summed E-state index contributed by atoms with van der Waals surface area (Å²) in [7, 11) is 2.22. The van der Waals surface area contributed by atoms with E-state index >= 15 is 0 Å². The Labute approximate surface area is 211 Å². The van der Waals surface area contributed by atoms with Crippen molar-refractivity contribution >= 4 is 0 Å². The van der Waals surface area contributed by atoms with Crippen LogP contribution in [0.3, 0.4) is 0 Å². The van der Waals surface area contributed by atoms with E-state index in [9.17, 15) is 0 Å². The van der Waals surface area contributed by atoms with Gasteiger partial charge in [0.1, 0.15) is 0 Å². The maximum absolute atomic E-state index is 6.26. The van der Waals surface area contributed by atoms with Gasteiger partial charge in [-0.15, -0.1) is 0 Å². The molecule has 196 valence electrons. The fourth-order valence-corrected chi connectivity index (χ4v) is 4.65. The number of nitrogens with zero attached hydrogens (tertiary/aromatic N) is 2. The monoisotopic (exact) mass is 474 g/mol. The van der Waals surface area contributed by atoms with Crippen LogP contribution in [-0.4, -0.2) is 62.8 Å². The lowest BCUT2D eigenvalue weighted by atomic mass is 10.1. The highest BCUT2D eigenvalue weighted by Gasteiger charge is 2.13. The van der Waals surface area contributed by atoms with E-state index in [1.165, 1.54) is 109 Å². The summed E-state index contributed by atoms with van der Waals surface area (Å²) in [6, 6.07) is 6.65. The van der Waals surface area contributed by atoms with Crippen molar-refractivity contribution in [3.8, 4) is 11.5 Å². The Morgan fingerprint density at radius 2 is 1.21 bits per heavy atom. The molecule has 1 heterocycles. The van der Waals surface area contributed by atoms with Crippen molar-refractivity contribution in [3.05, 3.63) is 23.8 Å². The second kappa shape index (κ2) is 19.0. The van der Waals surface area contributed by atoms with E-state index in [1.54, 1.807) is 0 Å². The molecule has 4 nitrogen and oxygen atoms in total. The molecular weight excluding hydrogens is 420 g/mol. The minimum atomic E-state index is 0.794. The average molecular weight is 475 g/mol. The van der Waals surface area contributed by atoms with Crippen LogP contribution in [0.2, 0.25) is 0 Å². The van der Waals surface area contributed by atoms with Gasteiger partial charge in [0.05, 0.1) is 13.2 Å². The second-order valence-electron chi connectivity index (χ2n) is 10.3. The second-order valence-corrected chi connectivity index (χ2v) is 10.3. The molecule has 0 bridgehead atoms. The molecule has 0 amide bonds. The molecular formula is C30H54N2O2. The van der Waals surface area contributed by atoms with Gasteiger partial charge in [0, 0.05) is 26.2 Å². The summed E-state index contributed by atoms with van der Waals surface area (Å²) < 4.78 is 12.4. The van der Waals surface area contributed by atoms with E-state index < -0.39 is 0 Å². The van der Waals surface area contributed by atoms with Crippen molar-refractivity contribution in [2.24, 2.45) is 0 Å². The first-order valence-electron chi connectivity index (χ1n) is 14.5. The minimum Gasteiger partial charge on any atom is -0.490 e. The highest BCUT2D eigenvalue weighted by molar-refractivity contribution is 5.43. The summed E-state index contributed by atoms with van der Waals surface area (Å²) in [5.41, 5.74) is 1.37. The Hall–Kier alpha value is -1.26. The van der Waals surface area contributed by atoms with E-state index in [0.717, 1.165) is 44.0 Å². The summed E-state index contributed by atoms with van der Waals surface area (Å²) in [4.78, 5) is 5.03. The van der Waals surface area contributed by atoms with Crippen molar-refractivity contribution in [1.82, 2.24) is 9.80 Å². The van der Waals surface area contributed by atoms with Crippen LogP contribution in [0.25, 0.3) is 0 Å². The van der Waals surface area contributed by atoms with E-state index in [-0.39, 0.29) is 0 Å². The number of rotatable bonds is 20. The number of likely N-dealkylation sites (N-methyl/N-ethyl adjacent to an activating group) is 1. The quantitative estimate of drug-likeness (QED) is 0.184. The first kappa shape index (κ1) is 29.0. The van der Waals surface area contributed by atoms with Crippen molar-refractivity contribution in [3.63, 3.8) is 0 Å². The van der Waals surface area contributed by atoms with Crippen molar-refractivity contribution < 1.29 is 9.47 Å². The van der Waals surface area contributed by atoms with Crippen molar-refractivity contribution in [2.45, 2.75) is 104 Å². The van der Waals surface area contributed by atoms with Gasteiger partial charge in [-0.3, -0.25) is 0 Å². The molecule has 1 aromatic carbocycles. The van der Waals surface area contributed by atoms with Crippen LogP contribution in [0.5, 0.6) is 11.5 Å². The summed E-state index contributed by atoms with van der Waals surface area (Å²) >= 11 is 0. The summed E-state index contributed by atoms with van der Waals surface area (Å²) in [5.74, 6) is 1.89. The zero-order valence-electron chi connectivity index (χ0n) is 22.8. The number of ether oxygens (including phenoxy) is 2. The van der Waals surface area contributed by atoms with Crippen LogP contribution in [-0.2, 0) is 6.42 Å². The number of benzene rings is 1. The predicted octanol–water partition coefficient (Wildman–Crippen LogP) is 7.35. The normalized spacial score (nSPS) is 15.0. The maximum atomic E-state index is 6.26. The Balaban J connectivity index is 1.78. The first-order chi connectivity index (χ1) is 16.7. The van der Waals surface area contributed by atoms with Gasteiger partial charge in [-0.25, -0.2) is 0 Å². The lowest BCUT2D eigenvalue weighted by molar-refractivity contribution is 0.153. The third-order valence-corrected chi connectivity index (χ3v) is 7.05. The molecule has 2 rings (SSSR count). The molecule has 0 atom stereocenters. The standard InChI is InChI=1S/C30H54N2O2/c1-4-6-8-10-12-14-25-33-29-19-18-28(17-16-20-32-23-21-31(3)22-24-32)27-30(29)34-26-15-13-11-9-7-5-2/h18-19,27H,4-17,20-26H2,1-3H3. The number of piperazine rings is 1. The molecule has 34 heavy (non-hydrogen) atoms. The molecule has 0 spiro atoms. The average Bonchev–Trinajstić information content (AvgIpc) is 2.85. The summed E-state index contributed by atoms with van der Waals surface area (Å²) in [5, 5.41) is 0. The minimum absolute atomic E-state index is 0.794. The largest absolute Gasteiger partial charge is 0.490 e. The molecule has 0 aliphatic carbocycles. The van der Waals surface area contributed by atoms with E-state index in [0.29, 0.717) is 0 Å². The number of hydrogen-bond acceptors (Lipinski definition) is 4. The van der Waals surface area contributed by atoms with Crippen LogP contribution < -0.4 is 9.47 Å². The van der Waals surface area contributed by atoms with Crippen LogP contribution in [0, 0.1) is 0 Å². The lowest BCUT2D eigenvalue weighted by Crippen LogP contribution is -2.44. The zero-order valence-corrected chi connectivity index (χ0v) is 22.8. The predicted molar refractivity (Wildman–Crippen MR) is 146 cm³/mol. The van der Waals surface area contributed by atoms with E-state index in [2.05, 4.69) is 48.9 Å². The number of unbranched alkanes of at least 4 members (excludes halogenated alkanes) is 10. The Bertz CT molecular complexity index is 614. The molecule has 1 fully saturated rings. The maximum Gasteiger partial charge on any atom is 0.161 e. The molecule has 0 unspecified atom stereocenters. The van der Waals surface area contributed by atoms with Gasteiger partial charge in [0.25, 0.3) is 0 Å². The van der Waals surface area contributed by atoms with Gasteiger partial charge < -0.3 is 19.3 Å². The SMILES string of the molecule is CCCCCCCCOc1ccc(CCCN2CCN(C)CC2)cc1OCCCCCCCC. The third-order valence-electron chi connectivity index (χ3n) is 7.05. The third kappa shape index (κ3) is 13.0. The molecule has 0 N–H and O–H groups in total. The molecule has 0 aromatic heterocycles. The zero-order chi connectivity index (χ0) is 24.3. The first-order valence-corrected chi connectivity index (χ1v) is 14.5. The van der Waals surface area contributed by atoms with Gasteiger partial charge >= 0.3 is 0 Å².